The van der Waals surface area contributed by atoms with Crippen molar-refractivity contribution in [2.75, 3.05) is 19.6 Å². The molecule has 1 fully saturated rings. The number of unbranched alkanes of at least 4 members (excludes halogenated alkanes) is 2. The number of aryl methyl sites for hydroxylation is 1. The van der Waals surface area contributed by atoms with Crippen LogP contribution < -0.4 is 0 Å². The molecule has 1 saturated heterocycles. The molecule has 0 aliphatic carbocycles. The summed E-state index contributed by atoms with van der Waals surface area (Å²) in [4.78, 5) is 2.62. The van der Waals surface area contributed by atoms with E-state index >= 15 is 0 Å². The number of rotatable bonds is 6. The highest BCUT2D eigenvalue weighted by Gasteiger charge is 2.20. The van der Waals surface area contributed by atoms with Crippen molar-refractivity contribution in [3.05, 3.63) is 18.0 Å². The molecule has 0 amide bonds. The summed E-state index contributed by atoms with van der Waals surface area (Å²) in [6.07, 6.45) is 11.9. The quantitative estimate of drug-likeness (QED) is 0.721. The average molecular weight is 249 g/mol. The van der Waals surface area contributed by atoms with Gasteiger partial charge < -0.3 is 4.90 Å². The minimum absolute atomic E-state index is 0.632. The number of hydrogen-bond donors (Lipinski definition) is 0. The largest absolute Gasteiger partial charge is 0.303 e. The fraction of sp³-hybridized carbons (Fsp3) is 0.800. The Bertz CT molecular complexity index is 337. The third-order valence-corrected chi connectivity index (χ3v) is 4.07. The van der Waals surface area contributed by atoms with Crippen molar-refractivity contribution in [1.82, 2.24) is 14.7 Å². The molecule has 0 spiro atoms. The van der Waals surface area contributed by atoms with Gasteiger partial charge in [-0.05, 0) is 37.8 Å². The second kappa shape index (κ2) is 6.93. The van der Waals surface area contributed by atoms with Crippen molar-refractivity contribution in [3.63, 3.8) is 0 Å². The van der Waals surface area contributed by atoms with Gasteiger partial charge in [-0.1, -0.05) is 26.7 Å². The highest BCUT2D eigenvalue weighted by atomic mass is 15.3. The van der Waals surface area contributed by atoms with E-state index in [1.807, 2.05) is 6.20 Å². The number of likely N-dealkylation sites (tertiary alicyclic amines) is 1. The molecule has 0 bridgehead atoms. The lowest BCUT2D eigenvalue weighted by atomic mass is 10.0. The molecule has 3 heteroatoms. The molecule has 2 heterocycles. The van der Waals surface area contributed by atoms with Crippen LogP contribution in [-0.4, -0.2) is 34.3 Å². The van der Waals surface area contributed by atoms with Gasteiger partial charge in [-0.25, -0.2) is 0 Å². The number of piperidine rings is 1. The molecule has 0 aromatic carbocycles. The number of hydrogen-bond acceptors (Lipinski definition) is 2. The lowest BCUT2D eigenvalue weighted by molar-refractivity contribution is 0.177. The van der Waals surface area contributed by atoms with E-state index in [0.717, 1.165) is 6.42 Å². The van der Waals surface area contributed by atoms with Gasteiger partial charge in [0.1, 0.15) is 0 Å². The van der Waals surface area contributed by atoms with E-state index in [2.05, 4.69) is 34.7 Å². The maximum absolute atomic E-state index is 4.51. The zero-order valence-corrected chi connectivity index (χ0v) is 11.9. The molecule has 3 nitrogen and oxygen atoms in total. The first-order valence-corrected chi connectivity index (χ1v) is 7.58. The van der Waals surface area contributed by atoms with E-state index in [0.29, 0.717) is 6.04 Å². The van der Waals surface area contributed by atoms with Crippen LogP contribution in [0.5, 0.6) is 0 Å². The minimum Gasteiger partial charge on any atom is -0.303 e. The third kappa shape index (κ3) is 3.58. The van der Waals surface area contributed by atoms with E-state index in [1.165, 1.54) is 57.3 Å². The van der Waals surface area contributed by atoms with Crippen LogP contribution in [0.2, 0.25) is 0 Å². The van der Waals surface area contributed by atoms with Gasteiger partial charge in [0.25, 0.3) is 0 Å². The summed E-state index contributed by atoms with van der Waals surface area (Å²) >= 11 is 0. The topological polar surface area (TPSA) is 21.1 Å². The van der Waals surface area contributed by atoms with E-state index in [4.69, 9.17) is 0 Å². The van der Waals surface area contributed by atoms with Crippen LogP contribution in [0.25, 0.3) is 0 Å². The standard InChI is InChI=1S/C15H27N3/c1-3-5-6-9-17-10-7-15(8-11-17)18-13-14(4-2)12-16-18/h12-13,15H,3-11H2,1-2H3. The van der Waals surface area contributed by atoms with Gasteiger partial charge in [0, 0.05) is 19.3 Å². The summed E-state index contributed by atoms with van der Waals surface area (Å²) in [5.41, 5.74) is 1.36. The summed E-state index contributed by atoms with van der Waals surface area (Å²) in [5, 5.41) is 4.51. The Morgan fingerprint density at radius 3 is 2.61 bits per heavy atom. The smallest absolute Gasteiger partial charge is 0.0543 e. The molecule has 1 aliphatic heterocycles. The van der Waals surface area contributed by atoms with Crippen molar-refractivity contribution in [2.24, 2.45) is 0 Å². The number of aromatic nitrogens is 2. The Morgan fingerprint density at radius 2 is 2.00 bits per heavy atom. The molecule has 0 radical (unpaired) electrons. The van der Waals surface area contributed by atoms with Gasteiger partial charge >= 0.3 is 0 Å². The normalized spacial score (nSPS) is 18.3. The first kappa shape index (κ1) is 13.6. The average Bonchev–Trinajstić information content (AvgIpc) is 2.89. The fourth-order valence-corrected chi connectivity index (χ4v) is 2.75. The highest BCUT2D eigenvalue weighted by Crippen LogP contribution is 2.22. The van der Waals surface area contributed by atoms with Gasteiger partial charge in [-0.15, -0.1) is 0 Å². The van der Waals surface area contributed by atoms with Crippen LogP contribution in [0.3, 0.4) is 0 Å². The monoisotopic (exact) mass is 249 g/mol. The maximum atomic E-state index is 4.51. The molecule has 1 aromatic rings. The lowest BCUT2D eigenvalue weighted by Gasteiger charge is -2.32. The van der Waals surface area contributed by atoms with Crippen molar-refractivity contribution < 1.29 is 0 Å². The van der Waals surface area contributed by atoms with Gasteiger partial charge in [-0.2, -0.15) is 5.10 Å². The molecule has 2 rings (SSSR count). The Balaban J connectivity index is 1.75. The Kier molecular flexibility index (Phi) is 5.24. The summed E-state index contributed by atoms with van der Waals surface area (Å²) in [6, 6.07) is 0.632. The highest BCUT2D eigenvalue weighted by molar-refractivity contribution is 5.04. The molecule has 1 aliphatic rings. The minimum atomic E-state index is 0.632. The van der Waals surface area contributed by atoms with Crippen LogP contribution in [-0.2, 0) is 6.42 Å². The van der Waals surface area contributed by atoms with Crippen LogP contribution in [0.15, 0.2) is 12.4 Å². The second-order valence-electron chi connectivity index (χ2n) is 5.46. The molecule has 0 N–H and O–H groups in total. The van der Waals surface area contributed by atoms with E-state index < -0.39 is 0 Å². The van der Waals surface area contributed by atoms with Crippen LogP contribution >= 0.6 is 0 Å². The first-order valence-electron chi connectivity index (χ1n) is 7.58. The van der Waals surface area contributed by atoms with Crippen molar-refractivity contribution in [1.29, 1.82) is 0 Å². The SMILES string of the molecule is CCCCCN1CCC(n2cc(CC)cn2)CC1. The van der Waals surface area contributed by atoms with Gasteiger partial charge in [-0.3, -0.25) is 4.68 Å². The Labute approximate surface area is 111 Å². The van der Waals surface area contributed by atoms with E-state index in [1.54, 1.807) is 0 Å². The summed E-state index contributed by atoms with van der Waals surface area (Å²) < 4.78 is 2.20. The van der Waals surface area contributed by atoms with Crippen molar-refractivity contribution >= 4 is 0 Å². The summed E-state index contributed by atoms with van der Waals surface area (Å²) in [5.74, 6) is 0. The predicted molar refractivity (Wildman–Crippen MR) is 75.8 cm³/mol. The van der Waals surface area contributed by atoms with Crippen LogP contribution in [0, 0.1) is 0 Å². The first-order chi connectivity index (χ1) is 8.83. The lowest BCUT2D eigenvalue weighted by Crippen LogP contribution is -2.35. The molecular formula is C15H27N3. The molecule has 0 unspecified atom stereocenters. The second-order valence-corrected chi connectivity index (χ2v) is 5.46. The molecular weight excluding hydrogens is 222 g/mol. The van der Waals surface area contributed by atoms with E-state index in [9.17, 15) is 0 Å². The molecule has 102 valence electrons. The van der Waals surface area contributed by atoms with Gasteiger partial charge in [0.2, 0.25) is 0 Å². The molecule has 18 heavy (non-hydrogen) atoms. The van der Waals surface area contributed by atoms with Gasteiger partial charge in [0.15, 0.2) is 0 Å². The number of nitrogens with zero attached hydrogens (tertiary/aromatic N) is 3. The van der Waals surface area contributed by atoms with Crippen molar-refractivity contribution in [3.8, 4) is 0 Å². The zero-order chi connectivity index (χ0) is 12.8. The third-order valence-electron chi connectivity index (χ3n) is 4.07. The van der Waals surface area contributed by atoms with Crippen LogP contribution in [0.1, 0.15) is 57.6 Å². The van der Waals surface area contributed by atoms with E-state index in [-0.39, 0.29) is 0 Å². The fourth-order valence-electron chi connectivity index (χ4n) is 2.75. The van der Waals surface area contributed by atoms with Gasteiger partial charge in [0.05, 0.1) is 12.2 Å². The summed E-state index contributed by atoms with van der Waals surface area (Å²) in [7, 11) is 0. The Hall–Kier alpha value is -0.830. The Morgan fingerprint density at radius 1 is 1.22 bits per heavy atom. The molecule has 1 aromatic heterocycles. The zero-order valence-electron chi connectivity index (χ0n) is 11.9. The maximum Gasteiger partial charge on any atom is 0.0543 e. The van der Waals surface area contributed by atoms with Crippen molar-refractivity contribution in [2.45, 2.75) is 58.4 Å². The predicted octanol–water partition coefficient (Wildman–Crippen LogP) is 3.27. The molecule has 0 saturated carbocycles. The molecule has 0 atom stereocenters. The van der Waals surface area contributed by atoms with Crippen LogP contribution in [0.4, 0.5) is 0 Å². The summed E-state index contributed by atoms with van der Waals surface area (Å²) in [6.45, 7) is 8.25.